The monoisotopic (exact) mass is 627 g/mol. The Morgan fingerprint density at radius 3 is 2.61 bits per heavy atom. The molecular weight excluding hydrogens is 598 g/mol. The number of methoxy groups -OCH3 is 1. The Labute approximate surface area is 252 Å². The lowest BCUT2D eigenvalue weighted by molar-refractivity contribution is 0.102. The van der Waals surface area contributed by atoms with Crippen LogP contribution in [0.3, 0.4) is 0 Å². The molecule has 41 heavy (non-hydrogen) atoms. The number of rotatable bonds is 8. The molecular formula is C33H30BrN3O3S. The highest BCUT2D eigenvalue weighted by molar-refractivity contribution is 9.10. The van der Waals surface area contributed by atoms with Gasteiger partial charge in [0.1, 0.15) is 11.6 Å². The number of aliphatic imine (C=N–C) groups is 1. The molecule has 0 spiro atoms. The Morgan fingerprint density at radius 2 is 1.83 bits per heavy atom. The first kappa shape index (κ1) is 28.6. The van der Waals surface area contributed by atoms with Crippen LogP contribution < -0.4 is 14.8 Å². The molecule has 1 heterocycles. The summed E-state index contributed by atoms with van der Waals surface area (Å²) in [6, 6.07) is 22.8. The summed E-state index contributed by atoms with van der Waals surface area (Å²) < 4.78 is 12.4. The molecule has 1 aliphatic carbocycles. The third-order valence-electron chi connectivity index (χ3n) is 7.00. The summed E-state index contributed by atoms with van der Waals surface area (Å²) in [4.78, 5) is 19.7. The molecule has 4 aromatic rings. The topological polar surface area (TPSA) is 83.7 Å². The zero-order valence-electron chi connectivity index (χ0n) is 22.8. The summed E-state index contributed by atoms with van der Waals surface area (Å²) in [6.07, 6.45) is 8.22. The van der Waals surface area contributed by atoms with Crippen molar-refractivity contribution in [2.45, 2.75) is 45.1 Å². The number of nitrogens with one attached hydrogen (secondary N) is 1. The molecule has 0 saturated carbocycles. The number of nitriles is 1. The second-order valence-electron chi connectivity index (χ2n) is 9.77. The Morgan fingerprint density at radius 1 is 1.07 bits per heavy atom. The standard InChI is InChI=1S/C33H30BrN3O3S/c1-39-28-18-22(17-27(34)31(28)40-21-24-12-10-9-11-23(24)19-35)20-36-33-30(32(38)37-25-13-5-4-6-14-25)26-15-7-2-3-8-16-29(26)41-33/h4-6,9-14,17-18,20H,2-3,7-8,15-16,21H2,1H3,(H,37,38). The van der Waals surface area contributed by atoms with Gasteiger partial charge in [0.05, 0.1) is 28.8 Å². The number of carbonyl (C=O) groups is 1. The third-order valence-corrected chi connectivity index (χ3v) is 8.79. The van der Waals surface area contributed by atoms with Gasteiger partial charge in [-0.2, -0.15) is 5.26 Å². The van der Waals surface area contributed by atoms with Gasteiger partial charge in [0.25, 0.3) is 5.91 Å². The first-order valence-corrected chi connectivity index (χ1v) is 15.2. The molecule has 0 saturated heterocycles. The van der Waals surface area contributed by atoms with E-state index in [1.807, 2.05) is 60.7 Å². The summed E-state index contributed by atoms with van der Waals surface area (Å²) in [6.45, 7) is 0.229. The molecule has 1 amide bonds. The number of thiophene rings is 1. The molecule has 1 aliphatic rings. The van der Waals surface area contributed by atoms with Gasteiger partial charge in [0.15, 0.2) is 11.5 Å². The van der Waals surface area contributed by atoms with E-state index in [1.165, 1.54) is 17.7 Å². The number of fused-ring (bicyclic) bond motifs is 1. The molecule has 0 fully saturated rings. The predicted octanol–water partition coefficient (Wildman–Crippen LogP) is 8.63. The lowest BCUT2D eigenvalue weighted by atomic mass is 9.96. The van der Waals surface area contributed by atoms with Gasteiger partial charge in [0, 0.05) is 22.3 Å². The van der Waals surface area contributed by atoms with Gasteiger partial charge >= 0.3 is 0 Å². The third kappa shape index (κ3) is 6.87. The number of carbonyl (C=O) groups excluding carboxylic acids is 1. The van der Waals surface area contributed by atoms with Crippen LogP contribution >= 0.6 is 27.3 Å². The molecule has 208 valence electrons. The van der Waals surface area contributed by atoms with Crippen LogP contribution in [0.25, 0.3) is 0 Å². The Bertz CT molecular complexity index is 1610. The predicted molar refractivity (Wildman–Crippen MR) is 168 cm³/mol. The number of anilines is 1. The zero-order chi connectivity index (χ0) is 28.6. The van der Waals surface area contributed by atoms with Crippen LogP contribution in [0.5, 0.6) is 11.5 Å². The first-order valence-electron chi connectivity index (χ1n) is 13.6. The van der Waals surface area contributed by atoms with Gasteiger partial charge in [-0.1, -0.05) is 49.2 Å². The van der Waals surface area contributed by atoms with Crippen molar-refractivity contribution in [3.63, 3.8) is 0 Å². The van der Waals surface area contributed by atoms with E-state index in [0.717, 1.165) is 48.1 Å². The Kier molecular flexibility index (Phi) is 9.50. The van der Waals surface area contributed by atoms with E-state index in [2.05, 4.69) is 27.3 Å². The fraction of sp³-hybridized carbons (Fsp3) is 0.242. The van der Waals surface area contributed by atoms with Crippen LogP contribution in [-0.4, -0.2) is 19.2 Å². The molecule has 0 atom stereocenters. The van der Waals surface area contributed by atoms with Crippen LogP contribution in [0.15, 0.2) is 76.2 Å². The minimum absolute atomic E-state index is 0.124. The maximum absolute atomic E-state index is 13.6. The molecule has 1 aromatic heterocycles. The largest absolute Gasteiger partial charge is 0.493 e. The van der Waals surface area contributed by atoms with E-state index >= 15 is 0 Å². The smallest absolute Gasteiger partial charge is 0.259 e. The van der Waals surface area contributed by atoms with E-state index in [0.29, 0.717) is 32.1 Å². The number of amides is 1. The van der Waals surface area contributed by atoms with Crippen molar-refractivity contribution in [3.8, 4) is 17.6 Å². The highest BCUT2D eigenvalue weighted by atomic mass is 79.9. The van der Waals surface area contributed by atoms with Gasteiger partial charge in [-0.25, -0.2) is 4.99 Å². The molecule has 0 unspecified atom stereocenters. The van der Waals surface area contributed by atoms with Gasteiger partial charge < -0.3 is 14.8 Å². The van der Waals surface area contributed by atoms with Crippen LogP contribution in [0.1, 0.15) is 63.2 Å². The van der Waals surface area contributed by atoms with E-state index in [4.69, 9.17) is 14.5 Å². The van der Waals surface area contributed by atoms with Crippen molar-refractivity contribution in [1.82, 2.24) is 0 Å². The van der Waals surface area contributed by atoms with Crippen molar-refractivity contribution < 1.29 is 14.3 Å². The Balaban J connectivity index is 1.43. The number of benzene rings is 3. The SMILES string of the molecule is COc1cc(C=Nc2sc3c(c2C(=O)Nc2ccccc2)CCCCCC3)cc(Br)c1OCc1ccccc1C#N. The maximum Gasteiger partial charge on any atom is 0.259 e. The van der Waals surface area contributed by atoms with Crippen LogP contribution in [-0.2, 0) is 19.4 Å². The number of nitrogens with zero attached hydrogens (tertiary/aromatic N) is 2. The van der Waals surface area contributed by atoms with Crippen molar-refractivity contribution in [1.29, 1.82) is 5.26 Å². The highest BCUT2D eigenvalue weighted by Gasteiger charge is 2.24. The second kappa shape index (κ2) is 13.6. The molecule has 5 rings (SSSR count). The normalized spacial score (nSPS) is 13.1. The molecule has 1 N–H and O–H groups in total. The molecule has 8 heteroatoms. The number of hydrogen-bond acceptors (Lipinski definition) is 6. The minimum atomic E-state index is -0.124. The lowest BCUT2D eigenvalue weighted by Crippen LogP contribution is -2.14. The highest BCUT2D eigenvalue weighted by Crippen LogP contribution is 2.40. The van der Waals surface area contributed by atoms with Crippen molar-refractivity contribution in [3.05, 3.63) is 104 Å². The van der Waals surface area contributed by atoms with E-state index in [9.17, 15) is 10.1 Å². The zero-order valence-corrected chi connectivity index (χ0v) is 25.2. The van der Waals surface area contributed by atoms with Crippen LogP contribution in [0.4, 0.5) is 10.7 Å². The van der Waals surface area contributed by atoms with Gasteiger partial charge in [-0.15, -0.1) is 11.3 Å². The van der Waals surface area contributed by atoms with Crippen molar-refractivity contribution in [2.24, 2.45) is 4.99 Å². The quantitative estimate of drug-likeness (QED) is 0.198. The van der Waals surface area contributed by atoms with E-state index < -0.39 is 0 Å². The number of ether oxygens (including phenoxy) is 2. The lowest BCUT2D eigenvalue weighted by Gasteiger charge is -2.14. The minimum Gasteiger partial charge on any atom is -0.493 e. The number of hydrogen-bond donors (Lipinski definition) is 1. The van der Waals surface area contributed by atoms with Gasteiger partial charge in [0.2, 0.25) is 0 Å². The van der Waals surface area contributed by atoms with E-state index in [1.54, 1.807) is 30.7 Å². The average Bonchev–Trinajstić information content (AvgIpc) is 3.31. The second-order valence-corrected chi connectivity index (χ2v) is 11.7. The summed E-state index contributed by atoms with van der Waals surface area (Å²) in [5.41, 5.74) is 4.74. The van der Waals surface area contributed by atoms with Crippen molar-refractivity contribution >= 4 is 50.1 Å². The fourth-order valence-electron chi connectivity index (χ4n) is 4.94. The van der Waals surface area contributed by atoms with Gasteiger partial charge in [-0.05, 0) is 83.1 Å². The fourth-order valence-corrected chi connectivity index (χ4v) is 6.74. The molecule has 0 bridgehead atoms. The molecule has 0 radical (unpaired) electrons. The number of halogens is 1. The average molecular weight is 629 g/mol. The summed E-state index contributed by atoms with van der Waals surface area (Å²) in [5.74, 6) is 0.955. The first-order chi connectivity index (χ1) is 20.1. The number of para-hydroxylation sites is 1. The van der Waals surface area contributed by atoms with E-state index in [-0.39, 0.29) is 12.5 Å². The summed E-state index contributed by atoms with van der Waals surface area (Å²) >= 11 is 5.24. The Hall–Kier alpha value is -3.93. The number of aryl methyl sites for hydroxylation is 1. The van der Waals surface area contributed by atoms with Crippen LogP contribution in [0.2, 0.25) is 0 Å². The molecule has 0 aliphatic heterocycles. The van der Waals surface area contributed by atoms with Gasteiger partial charge in [-0.3, -0.25) is 4.79 Å². The molecule has 3 aromatic carbocycles. The molecule has 6 nitrogen and oxygen atoms in total. The van der Waals surface area contributed by atoms with Crippen LogP contribution in [0, 0.1) is 11.3 Å². The summed E-state index contributed by atoms with van der Waals surface area (Å²) in [5, 5.41) is 13.2. The maximum atomic E-state index is 13.6. The van der Waals surface area contributed by atoms with Crippen molar-refractivity contribution in [2.75, 3.05) is 12.4 Å². The summed E-state index contributed by atoms with van der Waals surface area (Å²) in [7, 11) is 1.59.